The van der Waals surface area contributed by atoms with Crippen LogP contribution < -0.4 is 0 Å². The lowest BCUT2D eigenvalue weighted by atomic mass is 9.33. The quantitative estimate of drug-likeness (QED) is 0.384. The van der Waals surface area contributed by atoms with Gasteiger partial charge in [-0.2, -0.15) is 0 Å². The lowest BCUT2D eigenvalue weighted by Crippen LogP contribution is -2.67. The lowest BCUT2D eigenvalue weighted by molar-refractivity contribution is -0.233. The maximum Gasteiger partial charge on any atom is 0.0852 e. The van der Waals surface area contributed by atoms with E-state index in [4.69, 9.17) is 0 Å². The van der Waals surface area contributed by atoms with Gasteiger partial charge in [0.1, 0.15) is 0 Å². The maximum atomic E-state index is 11.7. The van der Waals surface area contributed by atoms with E-state index in [0.29, 0.717) is 18.3 Å². The highest BCUT2D eigenvalue weighted by molar-refractivity contribution is 5.34. The van der Waals surface area contributed by atoms with E-state index in [1.807, 2.05) is 0 Å². The molecule has 10 atom stereocenters. The molecule has 4 saturated carbocycles. The van der Waals surface area contributed by atoms with Crippen molar-refractivity contribution in [1.29, 1.82) is 0 Å². The van der Waals surface area contributed by atoms with Crippen LogP contribution >= 0.6 is 0 Å². The highest BCUT2D eigenvalue weighted by atomic mass is 16.3. The van der Waals surface area contributed by atoms with E-state index in [2.05, 4.69) is 61.5 Å². The fourth-order valence-electron chi connectivity index (χ4n) is 10.7. The van der Waals surface area contributed by atoms with Crippen molar-refractivity contribution in [2.75, 3.05) is 0 Å². The Kier molecular flexibility index (Phi) is 5.07. The summed E-state index contributed by atoms with van der Waals surface area (Å²) in [6.45, 7) is 18.9. The summed E-state index contributed by atoms with van der Waals surface area (Å²) in [5.41, 5.74) is 1.74. The van der Waals surface area contributed by atoms with Crippen LogP contribution in [-0.4, -0.2) is 33.6 Å². The summed E-state index contributed by atoms with van der Waals surface area (Å²) in [6.07, 6.45) is 9.81. The summed E-state index contributed by atoms with van der Waals surface area (Å²) < 4.78 is 0. The molecule has 5 aliphatic carbocycles. The molecular formula is C30H50O3. The molecule has 0 aromatic rings. The van der Waals surface area contributed by atoms with Crippen LogP contribution in [0.3, 0.4) is 0 Å². The number of hydrogen-bond donors (Lipinski definition) is 3. The zero-order valence-corrected chi connectivity index (χ0v) is 22.5. The Balaban J connectivity index is 1.61. The Morgan fingerprint density at radius 3 is 2.06 bits per heavy atom. The molecule has 4 fully saturated rings. The van der Waals surface area contributed by atoms with Gasteiger partial charge in [-0.3, -0.25) is 0 Å². The number of allylic oxidation sites excluding steroid dienone is 1. The third kappa shape index (κ3) is 2.85. The molecule has 5 rings (SSSR count). The second kappa shape index (κ2) is 6.88. The number of rotatable bonds is 0. The third-order valence-electron chi connectivity index (χ3n) is 13.2. The van der Waals surface area contributed by atoms with E-state index in [1.54, 1.807) is 5.57 Å². The van der Waals surface area contributed by atoms with E-state index in [9.17, 15) is 15.3 Å². The molecule has 3 N–H and O–H groups in total. The Morgan fingerprint density at radius 1 is 0.758 bits per heavy atom. The molecule has 5 aliphatic rings. The standard InChI is InChI=1S/C30H50O3/c1-25(2)13-14-27(5)15-16-29(7)18(22(27)24(25)33)9-10-21-28(6)17-19(31)23(32)26(3,4)20(28)11-12-30(21,29)8/h9,19-24,31-33H,10-17H2,1-8H3. The van der Waals surface area contributed by atoms with E-state index in [1.165, 1.54) is 25.7 Å². The van der Waals surface area contributed by atoms with Crippen molar-refractivity contribution < 1.29 is 15.3 Å². The van der Waals surface area contributed by atoms with Crippen LogP contribution in [0.5, 0.6) is 0 Å². The van der Waals surface area contributed by atoms with Gasteiger partial charge in [0, 0.05) is 5.92 Å². The van der Waals surface area contributed by atoms with Crippen LogP contribution in [-0.2, 0) is 0 Å². The molecule has 0 aromatic heterocycles. The number of aliphatic hydroxyl groups excluding tert-OH is 3. The highest BCUT2D eigenvalue weighted by Gasteiger charge is 2.69. The molecule has 0 heterocycles. The zero-order chi connectivity index (χ0) is 24.4. The second-order valence-corrected chi connectivity index (χ2v) is 15.4. The summed E-state index contributed by atoms with van der Waals surface area (Å²) in [5.74, 6) is 1.18. The predicted molar refractivity (Wildman–Crippen MR) is 133 cm³/mol. The molecular weight excluding hydrogens is 408 g/mol. The van der Waals surface area contributed by atoms with E-state index in [0.717, 1.165) is 19.3 Å². The number of aliphatic hydroxyl groups is 3. The van der Waals surface area contributed by atoms with Crippen LogP contribution in [0.25, 0.3) is 0 Å². The third-order valence-corrected chi connectivity index (χ3v) is 13.2. The van der Waals surface area contributed by atoms with E-state index in [-0.39, 0.29) is 44.5 Å². The van der Waals surface area contributed by atoms with Gasteiger partial charge in [0.05, 0.1) is 18.3 Å². The molecule has 0 saturated heterocycles. The molecule has 0 spiro atoms. The highest BCUT2D eigenvalue weighted by Crippen LogP contribution is 2.75. The molecule has 0 amide bonds. The summed E-state index contributed by atoms with van der Waals surface area (Å²) in [5, 5.41) is 33.6. The Morgan fingerprint density at radius 2 is 1.39 bits per heavy atom. The Hall–Kier alpha value is -0.380. The largest absolute Gasteiger partial charge is 0.392 e. The van der Waals surface area contributed by atoms with E-state index < -0.39 is 12.2 Å². The first kappa shape index (κ1) is 24.3. The van der Waals surface area contributed by atoms with Crippen molar-refractivity contribution in [2.45, 2.75) is 125 Å². The summed E-state index contributed by atoms with van der Waals surface area (Å²) in [7, 11) is 0. The normalized spacial score (nSPS) is 57.1. The van der Waals surface area contributed by atoms with Gasteiger partial charge >= 0.3 is 0 Å². The molecule has 10 unspecified atom stereocenters. The van der Waals surface area contributed by atoms with Gasteiger partial charge in [-0.25, -0.2) is 0 Å². The number of hydrogen-bond acceptors (Lipinski definition) is 3. The molecule has 0 aliphatic heterocycles. The Bertz CT molecular complexity index is 859. The van der Waals surface area contributed by atoms with Crippen LogP contribution in [0.1, 0.15) is 107 Å². The van der Waals surface area contributed by atoms with E-state index >= 15 is 0 Å². The van der Waals surface area contributed by atoms with Crippen molar-refractivity contribution in [3.8, 4) is 0 Å². The zero-order valence-electron chi connectivity index (χ0n) is 22.5. The molecule has 188 valence electrons. The predicted octanol–water partition coefficient (Wildman–Crippen LogP) is 6.11. The van der Waals surface area contributed by atoms with Gasteiger partial charge in [0.25, 0.3) is 0 Å². The fraction of sp³-hybridized carbons (Fsp3) is 0.933. The Labute approximate surface area is 202 Å². The van der Waals surface area contributed by atoms with Crippen molar-refractivity contribution in [2.24, 2.45) is 50.2 Å². The van der Waals surface area contributed by atoms with Crippen molar-refractivity contribution in [3.05, 3.63) is 11.6 Å². The topological polar surface area (TPSA) is 60.7 Å². The minimum atomic E-state index is -0.641. The summed E-state index contributed by atoms with van der Waals surface area (Å²) in [6, 6.07) is 0. The average Bonchev–Trinajstić information content (AvgIpc) is 2.71. The van der Waals surface area contributed by atoms with Crippen LogP contribution in [0.2, 0.25) is 0 Å². The van der Waals surface area contributed by atoms with Gasteiger partial charge in [0.2, 0.25) is 0 Å². The SMILES string of the molecule is CC1(C)CCC2(C)CCC3(C)C(=CCC4C5(C)CC(O)C(O)C(C)(C)C5CCC43C)C2C1O. The smallest absolute Gasteiger partial charge is 0.0852 e. The van der Waals surface area contributed by atoms with Gasteiger partial charge in [-0.05, 0) is 95.7 Å². The second-order valence-electron chi connectivity index (χ2n) is 15.4. The van der Waals surface area contributed by atoms with Crippen molar-refractivity contribution in [1.82, 2.24) is 0 Å². The molecule has 0 aromatic carbocycles. The van der Waals surface area contributed by atoms with Crippen molar-refractivity contribution >= 4 is 0 Å². The summed E-state index contributed by atoms with van der Waals surface area (Å²) >= 11 is 0. The fourth-order valence-corrected chi connectivity index (χ4v) is 10.7. The van der Waals surface area contributed by atoms with Crippen LogP contribution in [0.15, 0.2) is 11.6 Å². The first-order chi connectivity index (χ1) is 15.0. The number of fused-ring (bicyclic) bond motifs is 7. The van der Waals surface area contributed by atoms with Gasteiger partial charge in [-0.1, -0.05) is 67.0 Å². The lowest BCUT2D eigenvalue weighted by Gasteiger charge is -2.72. The molecule has 0 radical (unpaired) electrons. The first-order valence-corrected chi connectivity index (χ1v) is 13.8. The van der Waals surface area contributed by atoms with Gasteiger partial charge in [0.15, 0.2) is 0 Å². The average molecular weight is 459 g/mol. The summed E-state index contributed by atoms with van der Waals surface area (Å²) in [4.78, 5) is 0. The van der Waals surface area contributed by atoms with Gasteiger partial charge in [-0.15, -0.1) is 0 Å². The molecule has 0 bridgehead atoms. The first-order valence-electron chi connectivity index (χ1n) is 13.8. The van der Waals surface area contributed by atoms with Crippen molar-refractivity contribution in [3.63, 3.8) is 0 Å². The van der Waals surface area contributed by atoms with Gasteiger partial charge < -0.3 is 15.3 Å². The monoisotopic (exact) mass is 458 g/mol. The molecule has 3 heteroatoms. The maximum absolute atomic E-state index is 11.7. The minimum absolute atomic E-state index is 0.0192. The molecule has 3 nitrogen and oxygen atoms in total. The van der Waals surface area contributed by atoms with Crippen LogP contribution in [0.4, 0.5) is 0 Å². The molecule has 33 heavy (non-hydrogen) atoms. The minimum Gasteiger partial charge on any atom is -0.392 e. The van der Waals surface area contributed by atoms with Crippen LogP contribution in [0, 0.1) is 50.2 Å².